The van der Waals surface area contributed by atoms with E-state index < -0.39 is 34.9 Å². The number of amides is 2. The van der Waals surface area contributed by atoms with Crippen molar-refractivity contribution in [2.24, 2.45) is 5.16 Å². The summed E-state index contributed by atoms with van der Waals surface area (Å²) in [6.07, 6.45) is 3.30. The lowest BCUT2D eigenvalue weighted by Gasteiger charge is -2.49. The molecule has 0 unspecified atom stereocenters. The zero-order valence-electron chi connectivity index (χ0n) is 17.5. The lowest BCUT2D eigenvalue weighted by molar-refractivity contribution is -0.150. The van der Waals surface area contributed by atoms with Gasteiger partial charge in [0.1, 0.15) is 35.2 Å². The molecule has 1 fully saturated rings. The van der Waals surface area contributed by atoms with Gasteiger partial charge < -0.3 is 26.1 Å². The second-order valence-electron chi connectivity index (χ2n) is 7.09. The zero-order chi connectivity index (χ0) is 24.2. The average molecular weight is 502 g/mol. The van der Waals surface area contributed by atoms with Gasteiger partial charge in [0.15, 0.2) is 10.8 Å². The van der Waals surface area contributed by atoms with Crippen LogP contribution in [0, 0.1) is 0 Å². The predicted octanol–water partition coefficient (Wildman–Crippen LogP) is 1.28. The first-order valence-electron chi connectivity index (χ1n) is 9.90. The molecule has 34 heavy (non-hydrogen) atoms. The number of nitrogen functional groups attached to an aromatic ring is 1. The first-order chi connectivity index (χ1) is 16.4. The van der Waals surface area contributed by atoms with Crippen molar-refractivity contribution < 1.29 is 29.4 Å². The quantitative estimate of drug-likeness (QED) is 0.180. The third-order valence-electron chi connectivity index (χ3n) is 4.98. The SMILES string of the molecule is Nc1nc(C(=NO)C(=O)N[C@@H]2C(=O)N3C(C(=O)O)=C(/C=C\COc4ccccc4)CS[C@H]23)cs1. The summed E-state index contributed by atoms with van der Waals surface area (Å²) in [5.74, 6) is -1.66. The van der Waals surface area contributed by atoms with Crippen molar-refractivity contribution in [1.82, 2.24) is 15.2 Å². The Morgan fingerprint density at radius 3 is 2.76 bits per heavy atom. The number of anilines is 1. The average Bonchev–Trinajstić information content (AvgIpc) is 3.26. The molecule has 1 saturated heterocycles. The summed E-state index contributed by atoms with van der Waals surface area (Å²) in [5.41, 5.74) is 5.54. The topological polar surface area (TPSA) is 167 Å². The second kappa shape index (κ2) is 9.97. The molecule has 1 aromatic carbocycles. The molecule has 11 nitrogen and oxygen atoms in total. The number of para-hydroxylation sites is 1. The highest BCUT2D eigenvalue weighted by molar-refractivity contribution is 8.00. The summed E-state index contributed by atoms with van der Waals surface area (Å²) in [7, 11) is 0. The Morgan fingerprint density at radius 1 is 1.35 bits per heavy atom. The molecule has 0 aliphatic carbocycles. The molecule has 5 N–H and O–H groups in total. The van der Waals surface area contributed by atoms with Crippen LogP contribution in [0.2, 0.25) is 0 Å². The minimum Gasteiger partial charge on any atom is -0.490 e. The minimum absolute atomic E-state index is 0.0682. The van der Waals surface area contributed by atoms with Gasteiger partial charge in [0.2, 0.25) is 0 Å². The van der Waals surface area contributed by atoms with Gasteiger partial charge in [-0.2, -0.15) is 0 Å². The van der Waals surface area contributed by atoms with E-state index in [2.05, 4.69) is 15.5 Å². The van der Waals surface area contributed by atoms with Crippen molar-refractivity contribution in [3.63, 3.8) is 0 Å². The smallest absolute Gasteiger partial charge is 0.352 e. The molecular formula is C21H19N5O6S2. The number of aromatic nitrogens is 1. The molecule has 0 radical (unpaired) electrons. The largest absolute Gasteiger partial charge is 0.490 e. The number of ether oxygens (including phenoxy) is 1. The number of fused-ring (bicyclic) bond motifs is 1. The van der Waals surface area contributed by atoms with Crippen molar-refractivity contribution >= 4 is 51.7 Å². The highest BCUT2D eigenvalue weighted by Crippen LogP contribution is 2.40. The molecule has 2 amide bonds. The van der Waals surface area contributed by atoms with E-state index in [1.165, 1.54) is 17.1 Å². The van der Waals surface area contributed by atoms with E-state index in [1.54, 1.807) is 24.3 Å². The number of β-lactam (4-membered cyclic amide) rings is 1. The number of carboxylic acid groups (broad SMARTS) is 1. The van der Waals surface area contributed by atoms with E-state index in [4.69, 9.17) is 10.5 Å². The fraction of sp³-hybridized carbons (Fsp3) is 0.190. The Morgan fingerprint density at radius 2 is 2.12 bits per heavy atom. The van der Waals surface area contributed by atoms with Crippen LogP contribution in [0.3, 0.4) is 0 Å². The van der Waals surface area contributed by atoms with Crippen molar-refractivity contribution in [2.75, 3.05) is 18.1 Å². The van der Waals surface area contributed by atoms with Gasteiger partial charge >= 0.3 is 5.97 Å². The molecule has 1 aromatic heterocycles. The Hall–Kier alpha value is -3.84. The number of nitrogens with one attached hydrogen (secondary N) is 1. The van der Waals surface area contributed by atoms with Gasteiger partial charge in [0, 0.05) is 11.1 Å². The summed E-state index contributed by atoms with van der Waals surface area (Å²) >= 11 is 2.37. The number of rotatable bonds is 8. The maximum absolute atomic E-state index is 12.8. The Balaban J connectivity index is 1.44. The number of allylic oxidation sites excluding steroid dienone is 1. The first-order valence-corrected chi connectivity index (χ1v) is 11.8. The number of aliphatic carboxylic acids is 1. The molecule has 2 aromatic rings. The van der Waals surface area contributed by atoms with Crippen LogP contribution in [-0.2, 0) is 14.4 Å². The zero-order valence-corrected chi connectivity index (χ0v) is 19.1. The summed E-state index contributed by atoms with van der Waals surface area (Å²) in [6, 6.07) is 8.18. The molecule has 176 valence electrons. The highest BCUT2D eigenvalue weighted by Gasteiger charge is 2.54. The summed E-state index contributed by atoms with van der Waals surface area (Å²) in [6.45, 7) is 0.228. The Bertz CT molecular complexity index is 1210. The van der Waals surface area contributed by atoms with Gasteiger partial charge in [0.05, 0.1) is 0 Å². The Labute approximate surface area is 201 Å². The lowest BCUT2D eigenvalue weighted by Crippen LogP contribution is -2.71. The lowest BCUT2D eigenvalue weighted by atomic mass is 10.0. The van der Waals surface area contributed by atoms with Gasteiger partial charge in [-0.3, -0.25) is 14.5 Å². The molecule has 0 bridgehead atoms. The molecular weight excluding hydrogens is 482 g/mol. The standard InChI is InChI=1S/C21H19N5O6S2/c22-21-23-13(10-34-21)14(25-31)17(27)24-15-18(28)26-16(20(29)30)11(9-33-19(15)26)5-4-8-32-12-6-2-1-3-7-12/h1-7,10,15,19,31H,8-9H2,(H2,22,23)(H,24,27)(H,29,30)/b5-4-,25-14?/t15-,19-/m1/s1. The molecule has 2 aliphatic heterocycles. The van der Waals surface area contributed by atoms with Crippen molar-refractivity contribution in [2.45, 2.75) is 11.4 Å². The summed E-state index contributed by atoms with van der Waals surface area (Å²) < 4.78 is 5.57. The maximum Gasteiger partial charge on any atom is 0.352 e. The van der Waals surface area contributed by atoms with Crippen LogP contribution >= 0.6 is 23.1 Å². The third kappa shape index (κ3) is 4.61. The number of thiazole rings is 1. The number of oxime groups is 1. The van der Waals surface area contributed by atoms with Crippen molar-refractivity contribution in [1.29, 1.82) is 0 Å². The van der Waals surface area contributed by atoms with Gasteiger partial charge in [-0.05, 0) is 23.8 Å². The summed E-state index contributed by atoms with van der Waals surface area (Å²) in [4.78, 5) is 42.3. The number of carbonyl (C=O) groups is 3. The van der Waals surface area contributed by atoms with Crippen LogP contribution < -0.4 is 15.8 Å². The van der Waals surface area contributed by atoms with Crippen LogP contribution in [0.4, 0.5) is 5.13 Å². The minimum atomic E-state index is -1.25. The van der Waals surface area contributed by atoms with E-state index in [0.717, 1.165) is 16.2 Å². The fourth-order valence-corrected chi connectivity index (χ4v) is 5.31. The second-order valence-corrected chi connectivity index (χ2v) is 9.08. The molecule has 13 heteroatoms. The van der Waals surface area contributed by atoms with E-state index in [0.29, 0.717) is 17.1 Å². The van der Waals surface area contributed by atoms with Gasteiger partial charge in [-0.1, -0.05) is 29.4 Å². The van der Waals surface area contributed by atoms with Gasteiger partial charge in [0.25, 0.3) is 11.8 Å². The number of thioether (sulfide) groups is 1. The molecule has 2 atom stereocenters. The van der Waals surface area contributed by atoms with Gasteiger partial charge in [-0.25, -0.2) is 9.78 Å². The first kappa shape index (κ1) is 23.3. The number of nitrogens with two attached hydrogens (primary N) is 1. The van der Waals surface area contributed by atoms with E-state index in [9.17, 15) is 24.7 Å². The molecule has 3 heterocycles. The van der Waals surface area contributed by atoms with Crippen molar-refractivity contribution in [3.8, 4) is 5.75 Å². The maximum atomic E-state index is 12.8. The predicted molar refractivity (Wildman–Crippen MR) is 126 cm³/mol. The van der Waals surface area contributed by atoms with Crippen molar-refractivity contribution in [3.05, 3.63) is 64.8 Å². The molecule has 4 rings (SSSR count). The normalized spacial score (nSPS) is 20.2. The number of hydrogen-bond acceptors (Lipinski definition) is 10. The highest BCUT2D eigenvalue weighted by atomic mass is 32.2. The third-order valence-corrected chi connectivity index (χ3v) is 6.95. The number of benzene rings is 1. The van der Waals surface area contributed by atoms with Crippen LogP contribution in [0.5, 0.6) is 5.75 Å². The van der Waals surface area contributed by atoms with E-state index in [-0.39, 0.29) is 23.1 Å². The van der Waals surface area contributed by atoms with Crippen LogP contribution in [-0.4, -0.2) is 67.5 Å². The van der Waals surface area contributed by atoms with E-state index >= 15 is 0 Å². The van der Waals surface area contributed by atoms with Crippen LogP contribution in [0.15, 0.2) is 64.3 Å². The molecule has 0 spiro atoms. The molecule has 2 aliphatic rings. The van der Waals surface area contributed by atoms with Crippen LogP contribution in [0.1, 0.15) is 5.69 Å². The number of carbonyl (C=O) groups excluding carboxylic acids is 2. The Kier molecular flexibility index (Phi) is 6.84. The molecule has 0 saturated carbocycles. The number of hydrogen-bond donors (Lipinski definition) is 4. The van der Waals surface area contributed by atoms with Crippen LogP contribution in [0.25, 0.3) is 0 Å². The summed E-state index contributed by atoms with van der Waals surface area (Å²) in [5, 5.41) is 25.5. The number of carboxylic acids is 1. The van der Waals surface area contributed by atoms with Gasteiger partial charge in [-0.15, -0.1) is 23.1 Å². The van der Waals surface area contributed by atoms with E-state index in [1.807, 2.05) is 18.2 Å². The number of nitrogens with zero attached hydrogens (tertiary/aromatic N) is 3. The fourth-order valence-electron chi connectivity index (χ4n) is 3.44. The monoisotopic (exact) mass is 501 g/mol.